The van der Waals surface area contributed by atoms with Gasteiger partial charge in [0.15, 0.2) is 0 Å². The van der Waals surface area contributed by atoms with Gasteiger partial charge in [-0.05, 0) is 42.5 Å². The lowest BCUT2D eigenvalue weighted by Crippen LogP contribution is -2.30. The molecule has 3 nitrogen and oxygen atoms in total. The van der Waals surface area contributed by atoms with Crippen LogP contribution < -0.4 is 5.32 Å². The second kappa shape index (κ2) is 5.78. The second-order valence-corrected chi connectivity index (χ2v) is 7.52. The zero-order chi connectivity index (χ0) is 16.8. The molecule has 0 amide bonds. The van der Waals surface area contributed by atoms with Crippen molar-refractivity contribution in [1.29, 1.82) is 0 Å². The van der Waals surface area contributed by atoms with Crippen molar-refractivity contribution in [2.75, 3.05) is 5.32 Å². The van der Waals surface area contributed by atoms with E-state index in [9.17, 15) is 9.90 Å². The molecule has 1 heterocycles. The van der Waals surface area contributed by atoms with Crippen LogP contribution in [0.5, 0.6) is 0 Å². The molecule has 2 N–H and O–H groups in total. The third-order valence-electron chi connectivity index (χ3n) is 5.10. The molecule has 3 atom stereocenters. The Kier molecular flexibility index (Phi) is 3.72. The van der Waals surface area contributed by atoms with Crippen LogP contribution in [0.3, 0.4) is 0 Å². The summed E-state index contributed by atoms with van der Waals surface area (Å²) in [6.45, 7) is 2.08. The molecule has 0 aromatic heterocycles. The zero-order valence-corrected chi connectivity index (χ0v) is 14.9. The SMILES string of the molecule is Cc1ccc(C2Nc3c(C(=O)O)cc(Br)cc3C3C=CCC32)cc1. The number of fused-ring (bicyclic) bond motifs is 3. The number of benzene rings is 2. The van der Waals surface area contributed by atoms with E-state index < -0.39 is 5.97 Å². The minimum atomic E-state index is -0.900. The number of nitrogens with one attached hydrogen (secondary N) is 1. The van der Waals surface area contributed by atoms with Gasteiger partial charge < -0.3 is 10.4 Å². The number of hydrogen-bond acceptors (Lipinski definition) is 2. The predicted molar refractivity (Wildman–Crippen MR) is 98.6 cm³/mol. The van der Waals surface area contributed by atoms with Gasteiger partial charge in [-0.2, -0.15) is 0 Å². The van der Waals surface area contributed by atoms with E-state index in [0.717, 1.165) is 22.1 Å². The predicted octanol–water partition coefficient (Wildman–Crippen LogP) is 5.28. The lowest BCUT2D eigenvalue weighted by Gasteiger charge is -2.38. The number of halogens is 1. The third-order valence-corrected chi connectivity index (χ3v) is 5.56. The van der Waals surface area contributed by atoms with Crippen LogP contribution in [0.2, 0.25) is 0 Å². The summed E-state index contributed by atoms with van der Waals surface area (Å²) in [5.41, 5.74) is 4.60. The van der Waals surface area contributed by atoms with E-state index >= 15 is 0 Å². The van der Waals surface area contributed by atoms with Gasteiger partial charge in [-0.15, -0.1) is 0 Å². The molecular weight excluding hydrogens is 366 g/mol. The van der Waals surface area contributed by atoms with E-state index in [0.29, 0.717) is 11.5 Å². The highest BCUT2D eigenvalue weighted by Gasteiger charge is 2.39. The largest absolute Gasteiger partial charge is 0.478 e. The molecule has 0 spiro atoms. The van der Waals surface area contributed by atoms with Gasteiger partial charge in [0.25, 0.3) is 0 Å². The molecule has 0 fully saturated rings. The van der Waals surface area contributed by atoms with Crippen molar-refractivity contribution in [3.05, 3.63) is 75.3 Å². The Morgan fingerprint density at radius 3 is 2.71 bits per heavy atom. The van der Waals surface area contributed by atoms with Crippen LogP contribution in [0, 0.1) is 12.8 Å². The molecule has 3 unspecified atom stereocenters. The van der Waals surface area contributed by atoms with Gasteiger partial charge in [-0.25, -0.2) is 4.79 Å². The third kappa shape index (κ3) is 2.46. The number of rotatable bonds is 2. The Labute approximate surface area is 149 Å². The van der Waals surface area contributed by atoms with E-state index in [2.05, 4.69) is 64.6 Å². The topological polar surface area (TPSA) is 49.3 Å². The van der Waals surface area contributed by atoms with Gasteiger partial charge in [0.2, 0.25) is 0 Å². The van der Waals surface area contributed by atoms with Gasteiger partial charge in [0.1, 0.15) is 0 Å². The first-order valence-corrected chi connectivity index (χ1v) is 8.90. The number of anilines is 1. The summed E-state index contributed by atoms with van der Waals surface area (Å²) in [5.74, 6) is -0.234. The van der Waals surface area contributed by atoms with Crippen LogP contribution in [-0.2, 0) is 0 Å². The first-order chi connectivity index (χ1) is 11.5. The monoisotopic (exact) mass is 383 g/mol. The molecule has 0 bridgehead atoms. The maximum absolute atomic E-state index is 11.7. The van der Waals surface area contributed by atoms with Crippen molar-refractivity contribution in [1.82, 2.24) is 0 Å². The van der Waals surface area contributed by atoms with Crippen LogP contribution in [0.25, 0.3) is 0 Å². The molecule has 4 heteroatoms. The van der Waals surface area contributed by atoms with Crippen LogP contribution in [0.15, 0.2) is 53.0 Å². The molecule has 1 aliphatic heterocycles. The van der Waals surface area contributed by atoms with E-state index in [1.165, 1.54) is 11.1 Å². The summed E-state index contributed by atoms with van der Waals surface area (Å²) in [5, 5.41) is 13.2. The van der Waals surface area contributed by atoms with Crippen molar-refractivity contribution in [3.8, 4) is 0 Å². The summed E-state index contributed by atoms with van der Waals surface area (Å²) in [6.07, 6.45) is 5.45. The number of carbonyl (C=O) groups is 1. The van der Waals surface area contributed by atoms with Gasteiger partial charge in [0.05, 0.1) is 17.3 Å². The lowest BCUT2D eigenvalue weighted by atomic mass is 9.76. The molecule has 2 aliphatic rings. The Morgan fingerprint density at radius 2 is 2.00 bits per heavy atom. The highest BCUT2D eigenvalue weighted by Crippen LogP contribution is 2.51. The van der Waals surface area contributed by atoms with Crippen molar-refractivity contribution in [2.45, 2.75) is 25.3 Å². The molecule has 0 saturated heterocycles. The number of carboxylic acids is 1. The summed E-state index contributed by atoms with van der Waals surface area (Å²) in [7, 11) is 0. The molecule has 1 aliphatic carbocycles. The number of hydrogen-bond donors (Lipinski definition) is 2. The van der Waals surface area contributed by atoms with Crippen LogP contribution in [-0.4, -0.2) is 11.1 Å². The first kappa shape index (κ1) is 15.5. The molecule has 0 saturated carbocycles. The lowest BCUT2D eigenvalue weighted by molar-refractivity contribution is 0.0697. The summed E-state index contributed by atoms with van der Waals surface area (Å²) < 4.78 is 0.813. The van der Waals surface area contributed by atoms with E-state index in [1.807, 2.05) is 6.07 Å². The minimum absolute atomic E-state index is 0.123. The van der Waals surface area contributed by atoms with E-state index in [-0.39, 0.29) is 12.0 Å². The Bertz CT molecular complexity index is 841. The molecule has 24 heavy (non-hydrogen) atoms. The van der Waals surface area contributed by atoms with Crippen molar-refractivity contribution >= 4 is 27.6 Å². The van der Waals surface area contributed by atoms with Gasteiger partial charge in [-0.3, -0.25) is 0 Å². The Balaban J connectivity index is 1.86. The Hall–Kier alpha value is -2.07. The van der Waals surface area contributed by atoms with E-state index in [1.54, 1.807) is 6.07 Å². The second-order valence-electron chi connectivity index (χ2n) is 6.61. The number of allylic oxidation sites excluding steroid dienone is 2. The Morgan fingerprint density at radius 1 is 1.25 bits per heavy atom. The minimum Gasteiger partial charge on any atom is -0.478 e. The molecule has 2 aromatic carbocycles. The molecular formula is C20H18BrNO2. The average Bonchev–Trinajstić information content (AvgIpc) is 3.04. The fourth-order valence-corrected chi connectivity index (χ4v) is 4.41. The number of aryl methyl sites for hydroxylation is 1. The molecule has 0 radical (unpaired) electrons. The van der Waals surface area contributed by atoms with Gasteiger partial charge in [-0.1, -0.05) is 57.9 Å². The quantitative estimate of drug-likeness (QED) is 0.693. The van der Waals surface area contributed by atoms with Crippen LogP contribution >= 0.6 is 15.9 Å². The van der Waals surface area contributed by atoms with Crippen LogP contribution in [0.1, 0.15) is 45.4 Å². The summed E-state index contributed by atoms with van der Waals surface area (Å²) in [4.78, 5) is 11.7. The molecule has 122 valence electrons. The average molecular weight is 384 g/mol. The molecule has 4 rings (SSSR count). The smallest absolute Gasteiger partial charge is 0.337 e. The highest BCUT2D eigenvalue weighted by atomic mass is 79.9. The summed E-state index contributed by atoms with van der Waals surface area (Å²) >= 11 is 3.46. The summed E-state index contributed by atoms with van der Waals surface area (Å²) in [6, 6.07) is 12.4. The fourth-order valence-electron chi connectivity index (χ4n) is 3.94. The number of carboxylic acid groups (broad SMARTS) is 1. The normalized spacial score (nSPS) is 24.2. The van der Waals surface area contributed by atoms with Crippen molar-refractivity contribution in [3.63, 3.8) is 0 Å². The highest BCUT2D eigenvalue weighted by molar-refractivity contribution is 9.10. The first-order valence-electron chi connectivity index (χ1n) is 8.11. The zero-order valence-electron chi connectivity index (χ0n) is 13.3. The number of aromatic carboxylic acids is 1. The fraction of sp³-hybridized carbons (Fsp3) is 0.250. The standard InChI is InChI=1S/C20H18BrNO2/c1-11-5-7-12(8-6-11)18-15-4-2-3-14(15)16-9-13(21)10-17(20(23)24)19(16)22-18/h2-3,5-10,14-15,18,22H,4H2,1H3,(H,23,24). The maximum atomic E-state index is 11.7. The van der Waals surface area contributed by atoms with Crippen LogP contribution in [0.4, 0.5) is 5.69 Å². The van der Waals surface area contributed by atoms with E-state index in [4.69, 9.17) is 0 Å². The van der Waals surface area contributed by atoms with Crippen molar-refractivity contribution < 1.29 is 9.90 Å². The van der Waals surface area contributed by atoms with Crippen molar-refractivity contribution in [2.24, 2.45) is 5.92 Å². The maximum Gasteiger partial charge on any atom is 0.337 e. The van der Waals surface area contributed by atoms with Gasteiger partial charge >= 0.3 is 5.97 Å². The van der Waals surface area contributed by atoms with Gasteiger partial charge in [0, 0.05) is 10.4 Å². The molecule has 2 aromatic rings.